The molecule has 0 aromatic carbocycles. The van der Waals surface area contributed by atoms with E-state index >= 15 is 0 Å². The average Bonchev–Trinajstić information content (AvgIpc) is 3.16. The molecule has 8 nitrogen and oxygen atoms in total. The van der Waals surface area contributed by atoms with E-state index in [4.69, 9.17) is 16.0 Å². The Labute approximate surface area is 142 Å². The number of nitrogens with zero attached hydrogens (tertiary/aromatic N) is 2. The molecule has 0 bridgehead atoms. The lowest BCUT2D eigenvalue weighted by atomic mass is 10.1. The Hall–Kier alpha value is -1.74. The molecule has 0 aliphatic heterocycles. The summed E-state index contributed by atoms with van der Waals surface area (Å²) in [7, 11) is -4.70. The van der Waals surface area contributed by atoms with Crippen LogP contribution in [0.2, 0.25) is 0 Å². The summed E-state index contributed by atoms with van der Waals surface area (Å²) in [6.07, 6.45) is 9.46. The number of nitrogen functional groups attached to an aromatic ring is 2. The van der Waals surface area contributed by atoms with Crippen LogP contribution in [0.4, 0.5) is 17.3 Å². The van der Waals surface area contributed by atoms with E-state index in [1.54, 1.807) is 12.1 Å². The van der Waals surface area contributed by atoms with Crippen LogP contribution in [0.5, 0.6) is 0 Å². The predicted molar refractivity (Wildman–Crippen MR) is 90.6 cm³/mol. The maximum Gasteiger partial charge on any atom is 0.476 e. The van der Waals surface area contributed by atoms with Gasteiger partial charge in [0.05, 0.1) is 5.69 Å². The van der Waals surface area contributed by atoms with Crippen molar-refractivity contribution in [1.29, 1.82) is 0 Å². The molecular weight excluding hydrogens is 332 g/mol. The molecular formula is C15H25N4O4S+. The Morgan fingerprint density at radius 1 is 1.00 bits per heavy atom. The number of rotatable bonds is 5. The summed E-state index contributed by atoms with van der Waals surface area (Å²) in [4.78, 5) is 2.41. The standard InChI is InChI=1S/C15H24N4O4S/c16-14-9-13(10-15(17)19(14)23-24(20,21)22)18(11-5-1-2-6-11)12-7-3-4-8-12/h9-12H,1-8H2,(H4,16,17,20,21,22)/p+1. The molecule has 5 N–H and O–H groups in total. The van der Waals surface area contributed by atoms with Gasteiger partial charge in [0.25, 0.3) is 11.6 Å². The lowest BCUT2D eigenvalue weighted by Gasteiger charge is -2.36. The van der Waals surface area contributed by atoms with Gasteiger partial charge in [-0.3, -0.25) is 4.55 Å². The molecule has 0 amide bonds. The SMILES string of the molecule is Nc1cc(N(C2CCCC2)C2CCCC2)cc(N)[n+]1OS(=O)(=O)O. The van der Waals surface area contributed by atoms with Crippen molar-refractivity contribution in [3.05, 3.63) is 12.1 Å². The van der Waals surface area contributed by atoms with Gasteiger partial charge in [0.15, 0.2) is 0 Å². The number of aromatic nitrogens is 1. The van der Waals surface area contributed by atoms with Crippen molar-refractivity contribution in [3.8, 4) is 0 Å². The number of anilines is 3. The molecule has 2 aliphatic carbocycles. The summed E-state index contributed by atoms with van der Waals surface area (Å²) >= 11 is 0. The van der Waals surface area contributed by atoms with Crippen molar-refractivity contribution in [2.75, 3.05) is 16.4 Å². The van der Waals surface area contributed by atoms with E-state index in [0.29, 0.717) is 12.1 Å². The second kappa shape index (κ2) is 6.64. The van der Waals surface area contributed by atoms with Crippen LogP contribution in [0, 0.1) is 0 Å². The Kier molecular flexibility index (Phi) is 4.73. The first-order valence-electron chi connectivity index (χ1n) is 8.42. The maximum absolute atomic E-state index is 10.9. The topological polar surface area (TPSA) is 123 Å². The van der Waals surface area contributed by atoms with Gasteiger partial charge in [-0.05, 0) is 30.4 Å². The monoisotopic (exact) mass is 357 g/mol. The highest BCUT2D eigenvalue weighted by Gasteiger charge is 2.32. The first-order chi connectivity index (χ1) is 11.3. The Morgan fingerprint density at radius 3 is 1.79 bits per heavy atom. The molecule has 1 aromatic rings. The van der Waals surface area contributed by atoms with E-state index in [-0.39, 0.29) is 11.6 Å². The highest BCUT2D eigenvalue weighted by atomic mass is 32.3. The summed E-state index contributed by atoms with van der Waals surface area (Å²) in [6.45, 7) is 0. The smallest absolute Gasteiger partial charge is 0.365 e. The summed E-state index contributed by atoms with van der Waals surface area (Å²) in [5.74, 6) is 0.0623. The van der Waals surface area contributed by atoms with Gasteiger partial charge in [0, 0.05) is 24.2 Å². The highest BCUT2D eigenvalue weighted by molar-refractivity contribution is 7.80. The molecule has 1 heterocycles. The lowest BCUT2D eigenvalue weighted by Crippen LogP contribution is -2.50. The largest absolute Gasteiger partial charge is 0.476 e. The zero-order valence-corrected chi connectivity index (χ0v) is 14.4. The van der Waals surface area contributed by atoms with Crippen LogP contribution in [0.15, 0.2) is 12.1 Å². The van der Waals surface area contributed by atoms with Crippen LogP contribution in [-0.4, -0.2) is 25.1 Å². The lowest BCUT2D eigenvalue weighted by molar-refractivity contribution is -0.833. The molecule has 0 saturated heterocycles. The first kappa shape index (κ1) is 17.1. The first-order valence-corrected chi connectivity index (χ1v) is 9.78. The van der Waals surface area contributed by atoms with Crippen LogP contribution in [-0.2, 0) is 10.4 Å². The summed E-state index contributed by atoms with van der Waals surface area (Å²) < 4.78 is 35.9. The van der Waals surface area contributed by atoms with E-state index in [1.807, 2.05) is 0 Å². The molecule has 0 spiro atoms. The molecule has 9 heteroatoms. The second-order valence-electron chi connectivity index (χ2n) is 6.64. The quantitative estimate of drug-likeness (QED) is 0.532. The van der Waals surface area contributed by atoms with Crippen molar-refractivity contribution in [2.45, 2.75) is 63.5 Å². The molecule has 1 aromatic heterocycles. The van der Waals surface area contributed by atoms with Crippen molar-refractivity contribution in [2.24, 2.45) is 0 Å². The van der Waals surface area contributed by atoms with E-state index in [2.05, 4.69) is 9.18 Å². The Balaban J connectivity index is 1.95. The third-order valence-corrected chi connectivity index (χ3v) is 5.30. The van der Waals surface area contributed by atoms with E-state index < -0.39 is 10.4 Å². The molecule has 0 unspecified atom stereocenters. The molecule has 0 atom stereocenters. The minimum Gasteiger partial charge on any atom is -0.365 e. The second-order valence-corrected chi connectivity index (χ2v) is 7.65. The predicted octanol–water partition coefficient (Wildman–Crippen LogP) is 1.06. The molecule has 2 aliphatic rings. The van der Waals surface area contributed by atoms with E-state index in [9.17, 15) is 8.42 Å². The van der Waals surface area contributed by atoms with Crippen molar-refractivity contribution >= 4 is 27.7 Å². The molecule has 0 radical (unpaired) electrons. The molecule has 134 valence electrons. The fraction of sp³-hybridized carbons (Fsp3) is 0.667. The highest BCUT2D eigenvalue weighted by Crippen LogP contribution is 2.36. The number of pyridine rings is 1. The summed E-state index contributed by atoms with van der Waals surface area (Å²) in [5.41, 5.74) is 12.7. The van der Waals surface area contributed by atoms with Gasteiger partial charge < -0.3 is 16.4 Å². The van der Waals surface area contributed by atoms with Crippen LogP contribution in [0.25, 0.3) is 0 Å². The van der Waals surface area contributed by atoms with Gasteiger partial charge in [-0.25, -0.2) is 4.28 Å². The van der Waals surface area contributed by atoms with Crippen molar-refractivity contribution in [1.82, 2.24) is 0 Å². The third-order valence-electron chi connectivity index (χ3n) is 4.96. The third kappa shape index (κ3) is 3.67. The number of hydrogen-bond acceptors (Lipinski definition) is 6. The fourth-order valence-corrected chi connectivity index (χ4v) is 4.39. The fourth-order valence-electron chi connectivity index (χ4n) is 4.02. The van der Waals surface area contributed by atoms with Crippen LogP contribution in [0.1, 0.15) is 51.4 Å². The van der Waals surface area contributed by atoms with Gasteiger partial charge in [0.2, 0.25) is 0 Å². The van der Waals surface area contributed by atoms with Crippen LogP contribution >= 0.6 is 0 Å². The minimum absolute atomic E-state index is 0.0311. The van der Waals surface area contributed by atoms with Gasteiger partial charge in [-0.2, -0.15) is 8.42 Å². The zero-order valence-electron chi connectivity index (χ0n) is 13.6. The minimum atomic E-state index is -4.70. The van der Waals surface area contributed by atoms with Crippen LogP contribution in [0.3, 0.4) is 0 Å². The Bertz CT molecular complexity index is 658. The zero-order chi connectivity index (χ0) is 17.3. The van der Waals surface area contributed by atoms with Gasteiger partial charge in [-0.15, -0.1) is 0 Å². The molecule has 2 saturated carbocycles. The molecule has 3 rings (SSSR count). The van der Waals surface area contributed by atoms with Gasteiger partial charge >= 0.3 is 10.4 Å². The maximum atomic E-state index is 10.9. The number of hydrogen-bond donors (Lipinski definition) is 3. The summed E-state index contributed by atoms with van der Waals surface area (Å²) in [5, 5.41) is 0. The molecule has 24 heavy (non-hydrogen) atoms. The summed E-state index contributed by atoms with van der Waals surface area (Å²) in [6, 6.07) is 4.26. The Morgan fingerprint density at radius 2 is 1.42 bits per heavy atom. The van der Waals surface area contributed by atoms with Gasteiger partial charge in [-0.1, -0.05) is 25.7 Å². The van der Waals surface area contributed by atoms with Crippen molar-refractivity contribution in [3.63, 3.8) is 0 Å². The van der Waals surface area contributed by atoms with Gasteiger partial charge in [0.1, 0.15) is 0 Å². The van der Waals surface area contributed by atoms with E-state index in [1.165, 1.54) is 25.7 Å². The molecule has 2 fully saturated rings. The number of nitrogens with two attached hydrogens (primary N) is 2. The van der Waals surface area contributed by atoms with Crippen molar-refractivity contribution < 1.29 is 22.0 Å². The van der Waals surface area contributed by atoms with Crippen LogP contribution < -0.4 is 25.4 Å². The van der Waals surface area contributed by atoms with E-state index in [0.717, 1.165) is 36.1 Å². The normalized spacial score (nSPS) is 19.7. The average molecular weight is 357 g/mol.